The molecule has 0 radical (unpaired) electrons. The molecule has 0 spiro atoms. The first-order valence-corrected chi connectivity index (χ1v) is 7.35. The maximum atomic E-state index is 12.3. The molecule has 0 aliphatic heterocycles. The molecule has 2 aromatic rings. The molecule has 0 saturated heterocycles. The van der Waals surface area contributed by atoms with Crippen molar-refractivity contribution >= 4 is 21.7 Å². The molecule has 2 aromatic carbocycles. The number of ketones is 1. The second-order valence-corrected chi connectivity index (χ2v) is 6.05. The summed E-state index contributed by atoms with van der Waals surface area (Å²) < 4.78 is 1.04. The van der Waals surface area contributed by atoms with Crippen LogP contribution in [0.3, 0.4) is 0 Å². The van der Waals surface area contributed by atoms with Crippen molar-refractivity contribution in [2.45, 2.75) is 18.8 Å². The third-order valence-electron chi connectivity index (χ3n) is 3.70. The highest BCUT2D eigenvalue weighted by atomic mass is 79.9. The Balaban J connectivity index is 1.64. The highest BCUT2D eigenvalue weighted by Gasteiger charge is 2.43. The molecule has 0 heterocycles. The molecule has 1 aliphatic rings. The Hall–Kier alpha value is -1.41. The zero-order valence-electron chi connectivity index (χ0n) is 10.6. The number of carbonyl (C=O) groups excluding carboxylic acids is 1. The lowest BCUT2D eigenvalue weighted by Crippen LogP contribution is -2.06. The Bertz CT molecular complexity index is 591. The van der Waals surface area contributed by atoms with Gasteiger partial charge in [-0.1, -0.05) is 58.4 Å². The van der Waals surface area contributed by atoms with Gasteiger partial charge in [0, 0.05) is 16.8 Å². The molecule has 0 amide bonds. The lowest BCUT2D eigenvalue weighted by molar-refractivity contribution is -0.119. The van der Waals surface area contributed by atoms with Crippen molar-refractivity contribution < 1.29 is 4.79 Å². The molecule has 1 nitrogen and oxygen atoms in total. The standard InChI is InChI=1S/C17H15BrO/c18-14-8-4-5-12(9-14)10-17(19)16-11-15(16)13-6-2-1-3-7-13/h1-9,15-16H,10-11H2. The van der Waals surface area contributed by atoms with Crippen molar-refractivity contribution in [3.8, 4) is 0 Å². The molecule has 1 saturated carbocycles. The molecule has 0 N–H and O–H groups in total. The molecule has 3 rings (SSSR count). The predicted octanol–water partition coefficient (Wildman–Crippen LogP) is 4.36. The highest BCUT2D eigenvalue weighted by Crippen LogP contribution is 2.48. The van der Waals surface area contributed by atoms with E-state index in [1.54, 1.807) is 0 Å². The van der Waals surface area contributed by atoms with Crippen LogP contribution in [0.2, 0.25) is 0 Å². The number of Topliss-reactive ketones (excluding diaryl/α,β-unsaturated/α-hetero) is 1. The van der Waals surface area contributed by atoms with E-state index in [0.29, 0.717) is 18.1 Å². The summed E-state index contributed by atoms with van der Waals surface area (Å²) in [6.45, 7) is 0. The first kappa shape index (κ1) is 12.6. The minimum absolute atomic E-state index is 0.224. The summed E-state index contributed by atoms with van der Waals surface area (Å²) in [7, 11) is 0. The van der Waals surface area contributed by atoms with Gasteiger partial charge in [0.2, 0.25) is 0 Å². The van der Waals surface area contributed by atoms with E-state index in [0.717, 1.165) is 16.5 Å². The van der Waals surface area contributed by atoms with Crippen LogP contribution in [0, 0.1) is 5.92 Å². The molecule has 19 heavy (non-hydrogen) atoms. The van der Waals surface area contributed by atoms with E-state index in [4.69, 9.17) is 0 Å². The molecule has 0 bridgehead atoms. The fourth-order valence-corrected chi connectivity index (χ4v) is 3.05. The number of benzene rings is 2. The van der Waals surface area contributed by atoms with Gasteiger partial charge in [0.1, 0.15) is 5.78 Å². The van der Waals surface area contributed by atoms with Gasteiger partial charge in [0.05, 0.1) is 0 Å². The van der Waals surface area contributed by atoms with E-state index in [1.807, 2.05) is 42.5 Å². The molecule has 2 heteroatoms. The van der Waals surface area contributed by atoms with Gasteiger partial charge in [0.15, 0.2) is 0 Å². The second kappa shape index (κ2) is 5.30. The first-order valence-electron chi connectivity index (χ1n) is 6.56. The average molecular weight is 315 g/mol. The van der Waals surface area contributed by atoms with Crippen LogP contribution < -0.4 is 0 Å². The first-order chi connectivity index (χ1) is 9.24. The smallest absolute Gasteiger partial charge is 0.140 e. The monoisotopic (exact) mass is 314 g/mol. The lowest BCUT2D eigenvalue weighted by Gasteiger charge is -2.02. The normalized spacial score (nSPS) is 21.1. The Labute approximate surface area is 121 Å². The fraction of sp³-hybridized carbons (Fsp3) is 0.235. The van der Waals surface area contributed by atoms with E-state index in [9.17, 15) is 4.79 Å². The molecule has 2 unspecified atom stereocenters. The Morgan fingerprint density at radius 1 is 1.11 bits per heavy atom. The summed E-state index contributed by atoms with van der Waals surface area (Å²) >= 11 is 3.44. The van der Waals surface area contributed by atoms with E-state index in [2.05, 4.69) is 28.1 Å². The molecule has 1 fully saturated rings. The third kappa shape index (κ3) is 2.95. The van der Waals surface area contributed by atoms with Gasteiger partial charge in [0.25, 0.3) is 0 Å². The zero-order valence-corrected chi connectivity index (χ0v) is 12.1. The Morgan fingerprint density at radius 2 is 1.89 bits per heavy atom. The van der Waals surface area contributed by atoms with Crippen LogP contribution in [-0.2, 0) is 11.2 Å². The fourth-order valence-electron chi connectivity index (χ4n) is 2.60. The van der Waals surface area contributed by atoms with Crippen LogP contribution in [-0.4, -0.2) is 5.78 Å². The SMILES string of the molecule is O=C(Cc1cccc(Br)c1)C1CC1c1ccccc1. The van der Waals surface area contributed by atoms with Crippen LogP contribution in [0.4, 0.5) is 0 Å². The van der Waals surface area contributed by atoms with Crippen LogP contribution in [0.1, 0.15) is 23.5 Å². The number of halogens is 1. The summed E-state index contributed by atoms with van der Waals surface area (Å²) in [5, 5.41) is 0. The number of carbonyl (C=O) groups is 1. The number of rotatable bonds is 4. The van der Waals surface area contributed by atoms with Crippen LogP contribution in [0.25, 0.3) is 0 Å². The summed E-state index contributed by atoms with van der Waals surface area (Å²) in [6, 6.07) is 18.4. The quantitative estimate of drug-likeness (QED) is 0.819. The van der Waals surface area contributed by atoms with Crippen molar-refractivity contribution in [3.05, 3.63) is 70.2 Å². The van der Waals surface area contributed by atoms with Gasteiger partial charge >= 0.3 is 0 Å². The maximum Gasteiger partial charge on any atom is 0.140 e. The van der Waals surface area contributed by atoms with Crippen LogP contribution in [0.5, 0.6) is 0 Å². The summed E-state index contributed by atoms with van der Waals surface area (Å²) in [5.41, 5.74) is 2.40. The van der Waals surface area contributed by atoms with Gasteiger partial charge in [-0.2, -0.15) is 0 Å². The second-order valence-electron chi connectivity index (χ2n) is 5.13. The van der Waals surface area contributed by atoms with Gasteiger partial charge in [-0.05, 0) is 35.6 Å². The van der Waals surface area contributed by atoms with Crippen molar-refractivity contribution in [3.63, 3.8) is 0 Å². The maximum absolute atomic E-state index is 12.3. The van der Waals surface area contributed by atoms with Crippen LogP contribution >= 0.6 is 15.9 Å². The molecule has 2 atom stereocenters. The van der Waals surface area contributed by atoms with Gasteiger partial charge in [-0.25, -0.2) is 0 Å². The highest BCUT2D eigenvalue weighted by molar-refractivity contribution is 9.10. The van der Waals surface area contributed by atoms with Crippen molar-refractivity contribution in [2.75, 3.05) is 0 Å². The molecule has 1 aliphatic carbocycles. The van der Waals surface area contributed by atoms with E-state index < -0.39 is 0 Å². The zero-order chi connectivity index (χ0) is 13.2. The number of hydrogen-bond donors (Lipinski definition) is 0. The van der Waals surface area contributed by atoms with E-state index in [1.165, 1.54) is 5.56 Å². The molecule has 96 valence electrons. The lowest BCUT2D eigenvalue weighted by atomic mass is 10.0. The summed E-state index contributed by atoms with van der Waals surface area (Å²) in [6.07, 6.45) is 1.56. The van der Waals surface area contributed by atoms with Crippen LogP contribution in [0.15, 0.2) is 59.1 Å². The average Bonchev–Trinajstić information content (AvgIpc) is 3.20. The van der Waals surface area contributed by atoms with Gasteiger partial charge < -0.3 is 0 Å². The van der Waals surface area contributed by atoms with E-state index >= 15 is 0 Å². The molecular formula is C17H15BrO. The van der Waals surface area contributed by atoms with Crippen molar-refractivity contribution in [2.24, 2.45) is 5.92 Å². The van der Waals surface area contributed by atoms with Gasteiger partial charge in [-0.3, -0.25) is 4.79 Å². The largest absolute Gasteiger partial charge is 0.299 e. The summed E-state index contributed by atoms with van der Waals surface area (Å²) in [5.74, 6) is 1.04. The minimum atomic E-state index is 0.224. The third-order valence-corrected chi connectivity index (χ3v) is 4.19. The predicted molar refractivity (Wildman–Crippen MR) is 80.1 cm³/mol. The van der Waals surface area contributed by atoms with Gasteiger partial charge in [-0.15, -0.1) is 0 Å². The van der Waals surface area contributed by atoms with Crippen molar-refractivity contribution in [1.29, 1.82) is 0 Å². The topological polar surface area (TPSA) is 17.1 Å². The number of hydrogen-bond acceptors (Lipinski definition) is 1. The van der Waals surface area contributed by atoms with E-state index in [-0.39, 0.29) is 5.92 Å². The van der Waals surface area contributed by atoms with Crippen molar-refractivity contribution in [1.82, 2.24) is 0 Å². The molecular weight excluding hydrogens is 300 g/mol. The minimum Gasteiger partial charge on any atom is -0.299 e. The molecule has 0 aromatic heterocycles. The Morgan fingerprint density at radius 3 is 2.63 bits per heavy atom. The summed E-state index contributed by atoms with van der Waals surface area (Å²) in [4.78, 5) is 12.3. The Kier molecular flexibility index (Phi) is 3.52.